The third-order valence-electron chi connectivity index (χ3n) is 4.69. The van der Waals surface area contributed by atoms with Crippen LogP contribution in [0.3, 0.4) is 0 Å². The molecule has 1 amide bonds. The number of amides is 1. The summed E-state index contributed by atoms with van der Waals surface area (Å²) in [4.78, 5) is 12.9. The van der Waals surface area contributed by atoms with Crippen molar-refractivity contribution in [1.82, 2.24) is 25.2 Å². The SMILES string of the molecule is COc1ccc(NC(=O)C[C@H](c2ccc(Cl)cc2)n2cccc2)cc1-c1nn[nH]n1. The molecule has 2 aromatic heterocycles. The van der Waals surface area contributed by atoms with E-state index in [-0.39, 0.29) is 18.4 Å². The van der Waals surface area contributed by atoms with E-state index in [0.717, 1.165) is 5.56 Å². The first-order valence-electron chi connectivity index (χ1n) is 9.23. The third-order valence-corrected chi connectivity index (χ3v) is 4.94. The van der Waals surface area contributed by atoms with Gasteiger partial charge in [-0.25, -0.2) is 0 Å². The van der Waals surface area contributed by atoms with Gasteiger partial charge in [0.25, 0.3) is 0 Å². The van der Waals surface area contributed by atoms with Crippen molar-refractivity contribution < 1.29 is 9.53 Å². The predicted molar refractivity (Wildman–Crippen MR) is 113 cm³/mol. The zero-order valence-corrected chi connectivity index (χ0v) is 16.9. The number of aromatic nitrogens is 5. The van der Waals surface area contributed by atoms with Gasteiger partial charge in [0.1, 0.15) is 5.75 Å². The summed E-state index contributed by atoms with van der Waals surface area (Å²) in [5.41, 5.74) is 2.24. The van der Waals surface area contributed by atoms with Crippen LogP contribution in [0.15, 0.2) is 67.0 Å². The number of ether oxygens (including phenoxy) is 1. The molecule has 0 radical (unpaired) electrons. The average molecular weight is 423 g/mol. The summed E-state index contributed by atoms with van der Waals surface area (Å²) >= 11 is 6.02. The van der Waals surface area contributed by atoms with Crippen LogP contribution in [-0.2, 0) is 4.79 Å². The van der Waals surface area contributed by atoms with Gasteiger partial charge >= 0.3 is 0 Å². The van der Waals surface area contributed by atoms with Gasteiger partial charge in [0.2, 0.25) is 11.7 Å². The van der Waals surface area contributed by atoms with Gasteiger partial charge in [-0.3, -0.25) is 4.79 Å². The van der Waals surface area contributed by atoms with Crippen molar-refractivity contribution in [2.45, 2.75) is 12.5 Å². The van der Waals surface area contributed by atoms with Crippen LogP contribution in [0.4, 0.5) is 5.69 Å². The van der Waals surface area contributed by atoms with Crippen molar-refractivity contribution in [1.29, 1.82) is 0 Å². The molecule has 1 atom stereocenters. The lowest BCUT2D eigenvalue weighted by Crippen LogP contribution is -2.19. The molecule has 0 saturated heterocycles. The van der Waals surface area contributed by atoms with Crippen LogP contribution in [-0.4, -0.2) is 38.2 Å². The second-order valence-corrected chi connectivity index (χ2v) is 7.04. The lowest BCUT2D eigenvalue weighted by molar-refractivity contribution is -0.116. The highest BCUT2D eigenvalue weighted by Gasteiger charge is 2.18. The molecule has 0 fully saturated rings. The van der Waals surface area contributed by atoms with E-state index >= 15 is 0 Å². The highest BCUT2D eigenvalue weighted by Crippen LogP contribution is 2.30. The molecule has 2 heterocycles. The van der Waals surface area contributed by atoms with E-state index in [2.05, 4.69) is 25.9 Å². The number of anilines is 1. The molecule has 0 saturated carbocycles. The number of hydrogen-bond donors (Lipinski definition) is 2. The van der Waals surface area contributed by atoms with Gasteiger partial charge < -0.3 is 14.6 Å². The van der Waals surface area contributed by atoms with Crippen molar-refractivity contribution in [2.75, 3.05) is 12.4 Å². The Morgan fingerprint density at radius 3 is 2.63 bits per heavy atom. The van der Waals surface area contributed by atoms with E-state index in [1.165, 1.54) is 0 Å². The number of rotatable bonds is 7. The third kappa shape index (κ3) is 4.33. The minimum Gasteiger partial charge on any atom is -0.496 e. The van der Waals surface area contributed by atoms with Crippen molar-refractivity contribution in [3.8, 4) is 17.1 Å². The van der Waals surface area contributed by atoms with Crippen molar-refractivity contribution in [3.05, 3.63) is 77.6 Å². The topological polar surface area (TPSA) is 97.7 Å². The van der Waals surface area contributed by atoms with Gasteiger partial charge in [-0.15, -0.1) is 10.2 Å². The molecule has 152 valence electrons. The fourth-order valence-electron chi connectivity index (χ4n) is 3.26. The second kappa shape index (κ2) is 8.79. The summed E-state index contributed by atoms with van der Waals surface area (Å²) in [5.74, 6) is 0.836. The molecule has 8 nitrogen and oxygen atoms in total. The van der Waals surface area contributed by atoms with E-state index in [1.807, 2.05) is 53.4 Å². The van der Waals surface area contributed by atoms with Crippen molar-refractivity contribution in [2.24, 2.45) is 0 Å². The number of nitrogens with one attached hydrogen (secondary N) is 2. The maximum atomic E-state index is 12.9. The predicted octanol–water partition coefficient (Wildman–Crippen LogP) is 3.95. The van der Waals surface area contributed by atoms with Crippen LogP contribution in [0.1, 0.15) is 18.0 Å². The smallest absolute Gasteiger partial charge is 0.226 e. The first-order valence-corrected chi connectivity index (χ1v) is 9.61. The Kier molecular flexibility index (Phi) is 5.76. The van der Waals surface area contributed by atoms with E-state index in [9.17, 15) is 4.79 Å². The number of carbonyl (C=O) groups excluding carboxylic acids is 1. The highest BCUT2D eigenvalue weighted by atomic mass is 35.5. The summed E-state index contributed by atoms with van der Waals surface area (Å²) in [5, 5.41) is 17.6. The van der Waals surface area contributed by atoms with Crippen LogP contribution in [0.2, 0.25) is 5.02 Å². The van der Waals surface area contributed by atoms with E-state index < -0.39 is 0 Å². The van der Waals surface area contributed by atoms with Crippen molar-refractivity contribution in [3.63, 3.8) is 0 Å². The molecule has 4 aromatic rings. The zero-order chi connectivity index (χ0) is 20.9. The van der Waals surface area contributed by atoms with Gasteiger partial charge in [-0.1, -0.05) is 23.7 Å². The van der Waals surface area contributed by atoms with Gasteiger partial charge in [0.05, 0.1) is 25.1 Å². The number of nitrogens with zero attached hydrogens (tertiary/aromatic N) is 4. The monoisotopic (exact) mass is 422 g/mol. The number of tetrazole rings is 1. The van der Waals surface area contributed by atoms with Crippen LogP contribution >= 0.6 is 11.6 Å². The number of benzene rings is 2. The fraction of sp³-hybridized carbons (Fsp3) is 0.143. The minimum atomic E-state index is -0.160. The summed E-state index contributed by atoms with van der Waals surface area (Å²) in [6, 6.07) is 16.5. The van der Waals surface area contributed by atoms with Gasteiger partial charge in [0, 0.05) is 23.1 Å². The average Bonchev–Trinajstić information content (AvgIpc) is 3.47. The molecule has 4 rings (SSSR count). The number of hydrogen-bond acceptors (Lipinski definition) is 5. The fourth-order valence-corrected chi connectivity index (χ4v) is 3.39. The maximum absolute atomic E-state index is 12.9. The first kappa shape index (κ1) is 19.7. The molecule has 0 aliphatic heterocycles. The van der Waals surface area contributed by atoms with Crippen LogP contribution in [0, 0.1) is 0 Å². The summed E-state index contributed by atoms with van der Waals surface area (Å²) in [7, 11) is 1.56. The van der Waals surface area contributed by atoms with Crippen LogP contribution in [0.25, 0.3) is 11.4 Å². The Balaban J connectivity index is 1.55. The second-order valence-electron chi connectivity index (χ2n) is 6.60. The Hall–Kier alpha value is -3.65. The number of H-pyrrole nitrogens is 1. The largest absolute Gasteiger partial charge is 0.496 e. The normalized spacial score (nSPS) is 11.8. The van der Waals surface area contributed by atoms with E-state index in [0.29, 0.717) is 27.8 Å². The lowest BCUT2D eigenvalue weighted by atomic mass is 10.0. The summed E-state index contributed by atoms with van der Waals surface area (Å²) < 4.78 is 7.36. The van der Waals surface area contributed by atoms with E-state index in [4.69, 9.17) is 16.3 Å². The molecule has 30 heavy (non-hydrogen) atoms. The summed E-state index contributed by atoms with van der Waals surface area (Å²) in [6.45, 7) is 0. The molecular weight excluding hydrogens is 404 g/mol. The molecular formula is C21H19ClN6O2. The van der Waals surface area contributed by atoms with Crippen LogP contribution < -0.4 is 10.1 Å². The van der Waals surface area contributed by atoms with Crippen LogP contribution in [0.5, 0.6) is 5.75 Å². The molecule has 0 bridgehead atoms. The van der Waals surface area contributed by atoms with Gasteiger partial charge in [-0.05, 0) is 53.2 Å². The molecule has 0 aliphatic carbocycles. The number of aromatic amines is 1. The maximum Gasteiger partial charge on any atom is 0.226 e. The highest BCUT2D eigenvalue weighted by molar-refractivity contribution is 6.30. The molecule has 9 heteroatoms. The Morgan fingerprint density at radius 1 is 1.20 bits per heavy atom. The number of halogens is 1. The quantitative estimate of drug-likeness (QED) is 0.470. The summed E-state index contributed by atoms with van der Waals surface area (Å²) in [6.07, 6.45) is 4.13. The van der Waals surface area contributed by atoms with Gasteiger partial charge in [-0.2, -0.15) is 5.21 Å². The van der Waals surface area contributed by atoms with Crippen molar-refractivity contribution >= 4 is 23.2 Å². The zero-order valence-electron chi connectivity index (χ0n) is 16.1. The standard InChI is InChI=1S/C21H19ClN6O2/c1-30-19-9-8-16(12-17(19)21-24-26-27-25-21)23-20(29)13-18(28-10-2-3-11-28)14-4-6-15(22)7-5-14/h2-12,18H,13H2,1H3,(H,23,29)(H,24,25,26,27)/t18-/m1/s1. The Morgan fingerprint density at radius 2 is 1.97 bits per heavy atom. The Bertz CT molecular complexity index is 1110. The molecule has 0 unspecified atom stereocenters. The van der Waals surface area contributed by atoms with Gasteiger partial charge in [0.15, 0.2) is 0 Å². The number of carbonyl (C=O) groups is 1. The lowest BCUT2D eigenvalue weighted by Gasteiger charge is -2.19. The molecule has 0 aliphatic rings. The minimum absolute atomic E-state index is 0.132. The molecule has 2 N–H and O–H groups in total. The van der Waals surface area contributed by atoms with E-state index in [1.54, 1.807) is 25.3 Å². The first-order chi connectivity index (χ1) is 14.6. The molecule has 2 aromatic carbocycles. The number of methoxy groups -OCH3 is 1. The molecule has 0 spiro atoms. The Labute approximate surface area is 177 Å².